The molecule has 6 heteroatoms. The normalized spacial score (nSPS) is 10.1. The summed E-state index contributed by atoms with van der Waals surface area (Å²) in [4.78, 5) is 24.6. The van der Waals surface area contributed by atoms with E-state index in [1.807, 2.05) is 30.3 Å². The number of para-hydroxylation sites is 1. The molecule has 0 atom stereocenters. The van der Waals surface area contributed by atoms with Gasteiger partial charge in [0.2, 0.25) is 6.41 Å². The summed E-state index contributed by atoms with van der Waals surface area (Å²) in [7, 11) is 0. The van der Waals surface area contributed by atoms with E-state index >= 15 is 0 Å². The van der Waals surface area contributed by atoms with Crippen LogP contribution < -0.4 is 5.32 Å². The average molecular weight is 314 g/mol. The van der Waals surface area contributed by atoms with E-state index in [0.717, 1.165) is 12.0 Å². The third-order valence-electron chi connectivity index (χ3n) is 3.32. The van der Waals surface area contributed by atoms with Crippen molar-refractivity contribution >= 4 is 12.3 Å². The van der Waals surface area contributed by atoms with E-state index < -0.39 is 11.7 Å². The van der Waals surface area contributed by atoms with Crippen LogP contribution in [0.15, 0.2) is 48.5 Å². The van der Waals surface area contributed by atoms with Gasteiger partial charge in [0.1, 0.15) is 0 Å². The van der Waals surface area contributed by atoms with Gasteiger partial charge in [0.15, 0.2) is 11.5 Å². The summed E-state index contributed by atoms with van der Waals surface area (Å²) >= 11 is 0. The zero-order chi connectivity index (χ0) is 16.7. The van der Waals surface area contributed by atoms with E-state index in [1.165, 1.54) is 23.1 Å². The second-order valence-electron chi connectivity index (χ2n) is 4.99. The molecule has 0 radical (unpaired) electrons. The number of phenolic OH excluding ortho intramolecular Hbond substituents is 2. The minimum Gasteiger partial charge on any atom is -0.504 e. The first-order chi connectivity index (χ1) is 11.1. The molecule has 2 amide bonds. The van der Waals surface area contributed by atoms with Crippen LogP contribution in [0.25, 0.3) is 0 Å². The van der Waals surface area contributed by atoms with Gasteiger partial charge in [-0.15, -0.1) is 0 Å². The molecule has 6 nitrogen and oxygen atoms in total. The zero-order valence-electron chi connectivity index (χ0n) is 12.5. The molecule has 0 aromatic heterocycles. The fraction of sp³-hybridized carbons (Fsp3) is 0.176. The summed E-state index contributed by atoms with van der Waals surface area (Å²) in [5.41, 5.74) is 0.988. The van der Waals surface area contributed by atoms with Crippen LogP contribution in [0.4, 0.5) is 0 Å². The third kappa shape index (κ3) is 4.47. The highest BCUT2D eigenvalue weighted by Gasteiger charge is 2.13. The van der Waals surface area contributed by atoms with E-state index in [9.17, 15) is 19.8 Å². The van der Waals surface area contributed by atoms with E-state index in [2.05, 4.69) is 5.32 Å². The van der Waals surface area contributed by atoms with Gasteiger partial charge in [-0.25, -0.2) is 0 Å². The Morgan fingerprint density at radius 2 is 1.83 bits per heavy atom. The van der Waals surface area contributed by atoms with Crippen molar-refractivity contribution in [2.75, 3.05) is 13.1 Å². The van der Waals surface area contributed by atoms with Gasteiger partial charge < -0.3 is 20.4 Å². The van der Waals surface area contributed by atoms with E-state index in [0.29, 0.717) is 13.1 Å². The molecule has 0 heterocycles. The Bertz CT molecular complexity index is 674. The van der Waals surface area contributed by atoms with Crippen LogP contribution in [0.2, 0.25) is 0 Å². The largest absolute Gasteiger partial charge is 0.504 e. The number of hydrogen-bond acceptors (Lipinski definition) is 4. The minimum atomic E-state index is -0.510. The monoisotopic (exact) mass is 314 g/mol. The van der Waals surface area contributed by atoms with Gasteiger partial charge in [-0.3, -0.25) is 9.59 Å². The van der Waals surface area contributed by atoms with Gasteiger partial charge in [-0.05, 0) is 17.7 Å². The molecule has 0 spiro atoms. The predicted molar refractivity (Wildman–Crippen MR) is 85.0 cm³/mol. The highest BCUT2D eigenvalue weighted by molar-refractivity contribution is 5.97. The Balaban J connectivity index is 1.86. The smallest absolute Gasteiger partial charge is 0.255 e. The van der Waals surface area contributed by atoms with Crippen molar-refractivity contribution in [2.45, 2.75) is 6.54 Å². The van der Waals surface area contributed by atoms with Crippen LogP contribution >= 0.6 is 0 Å². The van der Waals surface area contributed by atoms with Gasteiger partial charge >= 0.3 is 0 Å². The number of carbonyl (C=O) groups is 2. The summed E-state index contributed by atoms with van der Waals surface area (Å²) in [5.74, 6) is -1.32. The molecule has 2 rings (SSSR count). The zero-order valence-corrected chi connectivity index (χ0v) is 12.5. The minimum absolute atomic E-state index is 0.00860. The van der Waals surface area contributed by atoms with Gasteiger partial charge in [0.25, 0.3) is 5.91 Å². The fourth-order valence-electron chi connectivity index (χ4n) is 2.11. The quantitative estimate of drug-likeness (QED) is 0.533. The lowest BCUT2D eigenvalue weighted by atomic mass is 10.1. The molecule has 0 saturated heterocycles. The van der Waals surface area contributed by atoms with E-state index in [-0.39, 0.29) is 17.9 Å². The molecule has 0 unspecified atom stereocenters. The summed E-state index contributed by atoms with van der Waals surface area (Å²) in [6.07, 6.45) is 0.727. The second kappa shape index (κ2) is 7.84. The van der Waals surface area contributed by atoms with Crippen molar-refractivity contribution in [1.82, 2.24) is 10.2 Å². The maximum absolute atomic E-state index is 12.0. The number of carbonyl (C=O) groups excluding carboxylic acids is 2. The highest BCUT2D eigenvalue weighted by Crippen LogP contribution is 2.27. The molecule has 0 bridgehead atoms. The third-order valence-corrected chi connectivity index (χ3v) is 3.32. The Hall–Kier alpha value is -3.02. The molecule has 3 N–H and O–H groups in total. The molecule has 120 valence electrons. The van der Waals surface area contributed by atoms with Crippen molar-refractivity contribution in [2.24, 2.45) is 0 Å². The number of aromatic hydroxyl groups is 2. The van der Waals surface area contributed by atoms with Crippen molar-refractivity contribution in [3.05, 3.63) is 59.7 Å². The molecular formula is C17H18N2O4. The molecule has 23 heavy (non-hydrogen) atoms. The van der Waals surface area contributed by atoms with Crippen LogP contribution in [-0.2, 0) is 11.3 Å². The SMILES string of the molecule is O=CN(CCNC(=O)c1cccc(O)c1O)Cc1ccccc1. The van der Waals surface area contributed by atoms with Crippen LogP contribution in [0.3, 0.4) is 0 Å². The van der Waals surface area contributed by atoms with E-state index in [1.54, 1.807) is 0 Å². The number of amides is 2. The Morgan fingerprint density at radius 1 is 1.09 bits per heavy atom. The Labute approximate surface area is 134 Å². The molecule has 0 aliphatic carbocycles. The molecule has 0 fully saturated rings. The first kappa shape index (κ1) is 16.4. The second-order valence-corrected chi connectivity index (χ2v) is 4.99. The standard InChI is InChI=1S/C17H18N2O4/c20-12-19(11-13-5-2-1-3-6-13)10-9-18-17(23)14-7-4-8-15(21)16(14)22/h1-8,12,21-22H,9-11H2,(H,18,23). The number of nitrogens with zero attached hydrogens (tertiary/aromatic N) is 1. The molecule has 2 aromatic carbocycles. The van der Waals surface area contributed by atoms with E-state index in [4.69, 9.17) is 0 Å². The van der Waals surface area contributed by atoms with Crippen LogP contribution in [0.1, 0.15) is 15.9 Å². The lowest BCUT2D eigenvalue weighted by molar-refractivity contribution is -0.118. The first-order valence-corrected chi connectivity index (χ1v) is 7.14. The first-order valence-electron chi connectivity index (χ1n) is 7.14. The number of rotatable bonds is 7. The van der Waals surface area contributed by atoms with Gasteiger partial charge in [0, 0.05) is 19.6 Å². The molecule has 0 aliphatic heterocycles. The van der Waals surface area contributed by atoms with Crippen molar-refractivity contribution in [3.8, 4) is 11.5 Å². The highest BCUT2D eigenvalue weighted by atomic mass is 16.3. The fourth-order valence-corrected chi connectivity index (χ4v) is 2.11. The topological polar surface area (TPSA) is 89.9 Å². The number of nitrogens with one attached hydrogen (secondary N) is 1. The van der Waals surface area contributed by atoms with Crippen molar-refractivity contribution in [3.63, 3.8) is 0 Å². The number of phenols is 2. The summed E-state index contributed by atoms with van der Waals surface area (Å²) in [6, 6.07) is 13.7. The van der Waals surface area contributed by atoms with Gasteiger partial charge in [-0.1, -0.05) is 36.4 Å². The van der Waals surface area contributed by atoms with Crippen LogP contribution in [0.5, 0.6) is 11.5 Å². The Morgan fingerprint density at radius 3 is 2.52 bits per heavy atom. The van der Waals surface area contributed by atoms with Gasteiger partial charge in [0.05, 0.1) is 5.56 Å². The average Bonchev–Trinajstić information content (AvgIpc) is 2.57. The maximum atomic E-state index is 12.0. The van der Waals surface area contributed by atoms with Crippen LogP contribution in [0, 0.1) is 0 Å². The molecule has 0 saturated carbocycles. The lowest BCUT2D eigenvalue weighted by Gasteiger charge is -2.17. The lowest BCUT2D eigenvalue weighted by Crippen LogP contribution is -2.34. The summed E-state index contributed by atoms with van der Waals surface area (Å²) < 4.78 is 0. The maximum Gasteiger partial charge on any atom is 0.255 e. The predicted octanol–water partition coefficient (Wildman–Crippen LogP) is 1.49. The Kier molecular flexibility index (Phi) is 5.57. The number of hydrogen-bond donors (Lipinski definition) is 3. The van der Waals surface area contributed by atoms with Crippen molar-refractivity contribution in [1.29, 1.82) is 0 Å². The summed E-state index contributed by atoms with van der Waals surface area (Å²) in [6.45, 7) is 1.03. The van der Waals surface area contributed by atoms with Crippen LogP contribution in [-0.4, -0.2) is 40.5 Å². The molecule has 0 aliphatic rings. The summed E-state index contributed by atoms with van der Waals surface area (Å²) in [5, 5.41) is 21.6. The van der Waals surface area contributed by atoms with Crippen molar-refractivity contribution < 1.29 is 19.8 Å². The molecule has 2 aromatic rings. The molecular weight excluding hydrogens is 296 g/mol. The number of benzene rings is 2. The van der Waals surface area contributed by atoms with Gasteiger partial charge in [-0.2, -0.15) is 0 Å².